The molecule has 0 unspecified atom stereocenters. The number of nitrogens with zero attached hydrogens (tertiary/aromatic N) is 3. The number of hydrogen-bond acceptors (Lipinski definition) is 2. The lowest BCUT2D eigenvalue weighted by Crippen LogP contribution is -2.21. The summed E-state index contributed by atoms with van der Waals surface area (Å²) in [5, 5.41) is 1.11. The van der Waals surface area contributed by atoms with Crippen molar-refractivity contribution in [2.75, 3.05) is 0 Å². The van der Waals surface area contributed by atoms with Gasteiger partial charge in [0.25, 0.3) is 5.56 Å². The van der Waals surface area contributed by atoms with E-state index in [2.05, 4.69) is 36.4 Å². The standard InChI is InChI=1S/C17H21N3O/c1-4-5-10-19-14-9-7-6-8-13(14)16-15(17(19)21)18-11-20(16)12(2)3/h6-9,11-12H,4-5,10H2,1-3H3. The van der Waals surface area contributed by atoms with E-state index in [0.717, 1.165) is 35.8 Å². The number of benzene rings is 1. The van der Waals surface area contributed by atoms with Crippen LogP contribution in [0, 0.1) is 0 Å². The molecule has 110 valence electrons. The van der Waals surface area contributed by atoms with Crippen molar-refractivity contribution in [3.05, 3.63) is 40.9 Å². The van der Waals surface area contributed by atoms with Gasteiger partial charge in [-0.05, 0) is 26.3 Å². The second kappa shape index (κ2) is 5.35. The van der Waals surface area contributed by atoms with Gasteiger partial charge in [-0.3, -0.25) is 4.79 Å². The number of fused-ring (bicyclic) bond motifs is 3. The largest absolute Gasteiger partial charge is 0.327 e. The van der Waals surface area contributed by atoms with Crippen LogP contribution in [0.4, 0.5) is 0 Å². The van der Waals surface area contributed by atoms with Crippen molar-refractivity contribution >= 4 is 21.9 Å². The van der Waals surface area contributed by atoms with Gasteiger partial charge in [0.15, 0.2) is 5.52 Å². The molecule has 0 atom stereocenters. The van der Waals surface area contributed by atoms with E-state index in [-0.39, 0.29) is 11.6 Å². The highest BCUT2D eigenvalue weighted by Gasteiger charge is 2.16. The van der Waals surface area contributed by atoms with E-state index in [1.165, 1.54) is 0 Å². The Balaban J connectivity index is 2.43. The molecule has 4 heteroatoms. The summed E-state index contributed by atoms with van der Waals surface area (Å²) in [5.41, 5.74) is 2.57. The van der Waals surface area contributed by atoms with Gasteiger partial charge in [0, 0.05) is 18.0 Å². The van der Waals surface area contributed by atoms with Crippen molar-refractivity contribution in [1.29, 1.82) is 0 Å². The Hall–Kier alpha value is -2.10. The summed E-state index contributed by atoms with van der Waals surface area (Å²) in [4.78, 5) is 17.2. The third-order valence-electron chi connectivity index (χ3n) is 3.98. The first-order chi connectivity index (χ1) is 10.1. The number of aromatic nitrogens is 3. The Kier molecular flexibility index (Phi) is 3.53. The fourth-order valence-electron chi connectivity index (χ4n) is 2.86. The van der Waals surface area contributed by atoms with E-state index in [1.807, 2.05) is 22.8 Å². The molecule has 3 rings (SSSR count). The molecule has 0 aliphatic carbocycles. The highest BCUT2D eigenvalue weighted by Crippen LogP contribution is 2.24. The fraction of sp³-hybridized carbons (Fsp3) is 0.412. The van der Waals surface area contributed by atoms with Gasteiger partial charge >= 0.3 is 0 Å². The zero-order valence-corrected chi connectivity index (χ0v) is 12.8. The highest BCUT2D eigenvalue weighted by molar-refractivity contribution is 6.02. The number of para-hydroxylation sites is 1. The predicted octanol–water partition coefficient (Wildman–Crippen LogP) is 3.73. The maximum Gasteiger partial charge on any atom is 0.279 e. The molecule has 3 aromatic rings. The monoisotopic (exact) mass is 283 g/mol. The van der Waals surface area contributed by atoms with E-state index in [1.54, 1.807) is 6.33 Å². The Bertz CT molecular complexity index is 842. The summed E-state index contributed by atoms with van der Waals surface area (Å²) in [6, 6.07) is 8.41. The van der Waals surface area contributed by atoms with Crippen molar-refractivity contribution in [2.45, 2.75) is 46.2 Å². The van der Waals surface area contributed by atoms with E-state index in [4.69, 9.17) is 0 Å². The van der Waals surface area contributed by atoms with Crippen LogP contribution in [0.5, 0.6) is 0 Å². The van der Waals surface area contributed by atoms with E-state index in [9.17, 15) is 4.79 Å². The molecule has 0 aliphatic heterocycles. The van der Waals surface area contributed by atoms with E-state index < -0.39 is 0 Å². The molecule has 0 radical (unpaired) electrons. The van der Waals surface area contributed by atoms with Crippen LogP contribution in [-0.2, 0) is 6.54 Å². The van der Waals surface area contributed by atoms with Crippen molar-refractivity contribution < 1.29 is 0 Å². The lowest BCUT2D eigenvalue weighted by atomic mass is 10.1. The fourth-order valence-corrected chi connectivity index (χ4v) is 2.86. The smallest absolute Gasteiger partial charge is 0.279 e. The van der Waals surface area contributed by atoms with Gasteiger partial charge in [-0.1, -0.05) is 31.5 Å². The first-order valence-corrected chi connectivity index (χ1v) is 7.63. The minimum absolute atomic E-state index is 0.0246. The first kappa shape index (κ1) is 13.9. The van der Waals surface area contributed by atoms with Crippen LogP contribution >= 0.6 is 0 Å². The average Bonchev–Trinajstić information content (AvgIpc) is 2.93. The lowest BCUT2D eigenvalue weighted by Gasteiger charge is -2.13. The molecule has 2 aromatic heterocycles. The molecule has 2 heterocycles. The van der Waals surface area contributed by atoms with Crippen molar-refractivity contribution in [3.8, 4) is 0 Å². The predicted molar refractivity (Wildman–Crippen MR) is 86.8 cm³/mol. The summed E-state index contributed by atoms with van der Waals surface area (Å²) in [6.45, 7) is 7.11. The van der Waals surface area contributed by atoms with Gasteiger partial charge < -0.3 is 9.13 Å². The summed E-state index contributed by atoms with van der Waals surface area (Å²) >= 11 is 0. The number of pyridine rings is 1. The summed E-state index contributed by atoms with van der Waals surface area (Å²) < 4.78 is 3.96. The molecule has 0 N–H and O–H groups in total. The van der Waals surface area contributed by atoms with Gasteiger partial charge in [0.05, 0.1) is 17.4 Å². The molecule has 0 fully saturated rings. The van der Waals surface area contributed by atoms with Crippen LogP contribution in [-0.4, -0.2) is 14.1 Å². The molecule has 4 nitrogen and oxygen atoms in total. The number of hydrogen-bond donors (Lipinski definition) is 0. The molecular weight excluding hydrogens is 262 g/mol. The molecule has 0 spiro atoms. The van der Waals surface area contributed by atoms with Gasteiger partial charge in [0.2, 0.25) is 0 Å². The van der Waals surface area contributed by atoms with E-state index in [0.29, 0.717) is 5.52 Å². The average molecular weight is 283 g/mol. The zero-order chi connectivity index (χ0) is 15.0. The SMILES string of the molecule is CCCCn1c(=O)c2ncn(C(C)C)c2c2ccccc21. The molecule has 0 amide bonds. The number of imidazole rings is 1. The number of rotatable bonds is 4. The highest BCUT2D eigenvalue weighted by atomic mass is 16.1. The summed E-state index contributed by atoms with van der Waals surface area (Å²) in [7, 11) is 0. The lowest BCUT2D eigenvalue weighted by molar-refractivity contribution is 0.617. The second-order valence-corrected chi connectivity index (χ2v) is 5.77. The quantitative estimate of drug-likeness (QED) is 0.732. The molecule has 1 aromatic carbocycles. The zero-order valence-electron chi connectivity index (χ0n) is 12.8. The normalized spacial score (nSPS) is 11.8. The Morgan fingerprint density at radius 1 is 1.24 bits per heavy atom. The van der Waals surface area contributed by atoms with Crippen LogP contribution in [0.2, 0.25) is 0 Å². The molecule has 0 bridgehead atoms. The van der Waals surface area contributed by atoms with Crippen molar-refractivity contribution in [3.63, 3.8) is 0 Å². The summed E-state index contributed by atoms with van der Waals surface area (Å²) in [5.74, 6) is 0. The third-order valence-corrected chi connectivity index (χ3v) is 3.98. The Morgan fingerprint density at radius 3 is 2.71 bits per heavy atom. The minimum atomic E-state index is 0.0246. The van der Waals surface area contributed by atoms with Crippen LogP contribution in [0.3, 0.4) is 0 Å². The second-order valence-electron chi connectivity index (χ2n) is 5.77. The van der Waals surface area contributed by atoms with Crippen LogP contribution in [0.1, 0.15) is 39.7 Å². The Morgan fingerprint density at radius 2 is 2.00 bits per heavy atom. The summed E-state index contributed by atoms with van der Waals surface area (Å²) in [6.07, 6.45) is 3.85. The van der Waals surface area contributed by atoms with Gasteiger partial charge in [-0.2, -0.15) is 0 Å². The third kappa shape index (κ3) is 2.15. The maximum atomic E-state index is 12.8. The van der Waals surface area contributed by atoms with Crippen LogP contribution in [0.25, 0.3) is 21.9 Å². The van der Waals surface area contributed by atoms with Crippen LogP contribution in [0.15, 0.2) is 35.4 Å². The first-order valence-electron chi connectivity index (χ1n) is 7.63. The molecule has 21 heavy (non-hydrogen) atoms. The van der Waals surface area contributed by atoms with Gasteiger partial charge in [-0.25, -0.2) is 4.98 Å². The number of unbranched alkanes of at least 4 members (excludes halogenated alkanes) is 1. The molecular formula is C17H21N3O. The van der Waals surface area contributed by atoms with E-state index >= 15 is 0 Å². The van der Waals surface area contributed by atoms with Crippen molar-refractivity contribution in [1.82, 2.24) is 14.1 Å². The number of aryl methyl sites for hydroxylation is 1. The van der Waals surface area contributed by atoms with Gasteiger partial charge in [0.1, 0.15) is 0 Å². The van der Waals surface area contributed by atoms with Crippen LogP contribution < -0.4 is 5.56 Å². The van der Waals surface area contributed by atoms with Gasteiger partial charge in [-0.15, -0.1) is 0 Å². The maximum absolute atomic E-state index is 12.8. The Labute approximate surface area is 124 Å². The van der Waals surface area contributed by atoms with Crippen molar-refractivity contribution in [2.24, 2.45) is 0 Å². The molecule has 0 saturated heterocycles. The molecule has 0 saturated carbocycles. The topological polar surface area (TPSA) is 39.8 Å². The minimum Gasteiger partial charge on any atom is -0.327 e. The molecule has 0 aliphatic rings.